The number of ether oxygens (including phenoxy) is 1. The van der Waals surface area contributed by atoms with E-state index in [4.69, 9.17) is 10.5 Å². The number of imidazole rings is 1. The molecule has 0 aliphatic carbocycles. The summed E-state index contributed by atoms with van der Waals surface area (Å²) in [6.45, 7) is 2.95. The van der Waals surface area contributed by atoms with Crippen molar-refractivity contribution >= 4 is 5.91 Å². The van der Waals surface area contributed by atoms with Crippen LogP contribution >= 0.6 is 0 Å². The van der Waals surface area contributed by atoms with Crippen LogP contribution in [0.25, 0.3) is 11.1 Å². The van der Waals surface area contributed by atoms with Crippen LogP contribution < -0.4 is 10.5 Å². The van der Waals surface area contributed by atoms with E-state index in [1.165, 1.54) is 11.9 Å². The van der Waals surface area contributed by atoms with Gasteiger partial charge >= 0.3 is 0 Å². The monoisotopic (exact) mass is 379 g/mol. The molecule has 0 spiro atoms. The molecule has 0 bridgehead atoms. The van der Waals surface area contributed by atoms with Crippen LogP contribution in [0.2, 0.25) is 0 Å². The Balaban J connectivity index is 1.45. The number of carbonyl (C=O) groups excluding carboxylic acids is 1. The van der Waals surface area contributed by atoms with Gasteiger partial charge in [0.05, 0.1) is 19.0 Å². The lowest BCUT2D eigenvalue weighted by Crippen LogP contribution is -2.16. The van der Waals surface area contributed by atoms with E-state index in [1.807, 2.05) is 18.2 Å². The van der Waals surface area contributed by atoms with Gasteiger partial charge in [-0.05, 0) is 43.0 Å². The molecule has 1 atom stereocenters. The first kappa shape index (κ1) is 19.6. The highest BCUT2D eigenvalue weighted by atomic mass is 16.5. The molecule has 3 N–H and O–H groups in total. The second-order valence-corrected chi connectivity index (χ2v) is 6.86. The number of aliphatic hydroxyl groups excluding tert-OH is 1. The number of hydrogen-bond acceptors (Lipinski definition) is 4. The van der Waals surface area contributed by atoms with Crippen molar-refractivity contribution in [1.29, 1.82) is 0 Å². The van der Waals surface area contributed by atoms with Gasteiger partial charge in [-0.2, -0.15) is 0 Å². The summed E-state index contributed by atoms with van der Waals surface area (Å²) in [5.41, 5.74) is 8.87. The van der Waals surface area contributed by atoms with Gasteiger partial charge < -0.3 is 20.1 Å². The second-order valence-electron chi connectivity index (χ2n) is 6.86. The van der Waals surface area contributed by atoms with E-state index in [9.17, 15) is 9.90 Å². The summed E-state index contributed by atoms with van der Waals surface area (Å²) >= 11 is 0. The van der Waals surface area contributed by atoms with Crippen LogP contribution in [-0.2, 0) is 6.54 Å². The van der Waals surface area contributed by atoms with Crippen molar-refractivity contribution < 1.29 is 14.6 Å². The van der Waals surface area contributed by atoms with Crippen LogP contribution in [0.4, 0.5) is 0 Å². The zero-order valence-corrected chi connectivity index (χ0v) is 15.9. The molecule has 146 valence electrons. The largest absolute Gasteiger partial charge is 0.494 e. The third kappa shape index (κ3) is 5.44. The molecule has 1 amide bonds. The Bertz CT molecular complexity index is 919. The fourth-order valence-electron chi connectivity index (χ4n) is 2.94. The minimum absolute atomic E-state index is 0.198. The van der Waals surface area contributed by atoms with Gasteiger partial charge in [0, 0.05) is 12.7 Å². The Morgan fingerprint density at radius 1 is 1.21 bits per heavy atom. The molecule has 0 aliphatic heterocycles. The van der Waals surface area contributed by atoms with E-state index in [-0.39, 0.29) is 5.69 Å². The lowest BCUT2D eigenvalue weighted by molar-refractivity contribution is 0.0995. The summed E-state index contributed by atoms with van der Waals surface area (Å²) in [5, 5.41) is 10.1. The molecule has 1 heterocycles. The maximum atomic E-state index is 11.0. The Hall–Kier alpha value is -3.12. The van der Waals surface area contributed by atoms with E-state index >= 15 is 0 Å². The number of aryl methyl sites for hydroxylation is 1. The molecule has 0 saturated carbocycles. The van der Waals surface area contributed by atoms with Gasteiger partial charge in [-0.15, -0.1) is 0 Å². The van der Waals surface area contributed by atoms with E-state index in [1.54, 1.807) is 10.8 Å². The number of aromatic nitrogens is 2. The third-order valence-electron chi connectivity index (χ3n) is 4.48. The number of hydrogen-bond donors (Lipinski definition) is 2. The third-order valence-corrected chi connectivity index (χ3v) is 4.48. The molecule has 2 aromatic carbocycles. The maximum absolute atomic E-state index is 11.0. The van der Waals surface area contributed by atoms with E-state index < -0.39 is 12.0 Å². The highest BCUT2D eigenvalue weighted by Crippen LogP contribution is 2.24. The lowest BCUT2D eigenvalue weighted by atomic mass is 10.0. The van der Waals surface area contributed by atoms with Crippen LogP contribution in [0.5, 0.6) is 5.75 Å². The number of nitrogens with zero attached hydrogens (tertiary/aromatic N) is 2. The smallest absolute Gasteiger partial charge is 0.268 e. The number of amides is 1. The van der Waals surface area contributed by atoms with Crippen LogP contribution in [0.15, 0.2) is 61.1 Å². The van der Waals surface area contributed by atoms with Crippen molar-refractivity contribution in [3.05, 3.63) is 72.3 Å². The lowest BCUT2D eigenvalue weighted by Gasteiger charge is -2.12. The van der Waals surface area contributed by atoms with Crippen molar-refractivity contribution in [2.24, 2.45) is 5.73 Å². The zero-order valence-electron chi connectivity index (χ0n) is 15.9. The van der Waals surface area contributed by atoms with Crippen LogP contribution in [-0.4, -0.2) is 33.3 Å². The van der Waals surface area contributed by atoms with Gasteiger partial charge in [0.25, 0.3) is 5.91 Å². The first-order chi connectivity index (χ1) is 13.5. The van der Waals surface area contributed by atoms with Gasteiger partial charge in [0.2, 0.25) is 0 Å². The van der Waals surface area contributed by atoms with Crippen molar-refractivity contribution in [3.8, 4) is 16.9 Å². The summed E-state index contributed by atoms with van der Waals surface area (Å²) in [5.74, 6) is 0.239. The predicted octanol–water partition coefficient (Wildman–Crippen LogP) is 3.18. The predicted molar refractivity (Wildman–Crippen MR) is 108 cm³/mol. The number of primary amides is 1. The van der Waals surface area contributed by atoms with Gasteiger partial charge in [-0.1, -0.05) is 42.0 Å². The number of benzene rings is 2. The standard InChI is InChI=1S/C22H25N3O3/c1-16-7-9-17(10-8-16)18-4-2-6-20(12-18)28-11-3-5-19(26)13-25-14-21(22(23)27)24-15-25/h2,4,6-10,12,14-15,19,26H,3,5,11,13H2,1H3,(H2,23,27)/t19-/m0/s1. The molecular weight excluding hydrogens is 354 g/mol. The van der Waals surface area contributed by atoms with Gasteiger partial charge in [-0.25, -0.2) is 4.98 Å². The number of carbonyl (C=O) groups is 1. The maximum Gasteiger partial charge on any atom is 0.268 e. The number of aliphatic hydroxyl groups is 1. The molecule has 0 saturated heterocycles. The zero-order chi connectivity index (χ0) is 19.9. The molecule has 3 rings (SSSR count). The molecule has 0 unspecified atom stereocenters. The van der Waals surface area contributed by atoms with Crippen LogP contribution in [0.3, 0.4) is 0 Å². The van der Waals surface area contributed by atoms with Crippen molar-refractivity contribution in [3.63, 3.8) is 0 Å². The Labute approximate surface area is 164 Å². The normalized spacial score (nSPS) is 11.9. The van der Waals surface area contributed by atoms with Crippen molar-refractivity contribution in [2.45, 2.75) is 32.4 Å². The Morgan fingerprint density at radius 3 is 2.71 bits per heavy atom. The Kier molecular flexibility index (Phi) is 6.45. The SMILES string of the molecule is Cc1ccc(-c2cccc(OCCC[C@H](O)Cn3cnc(C(N)=O)c3)c2)cc1. The average Bonchev–Trinajstić information content (AvgIpc) is 3.15. The number of rotatable bonds is 9. The van der Waals surface area contributed by atoms with Gasteiger partial charge in [-0.3, -0.25) is 4.79 Å². The van der Waals surface area contributed by atoms with Gasteiger partial charge in [0.1, 0.15) is 11.4 Å². The molecule has 6 nitrogen and oxygen atoms in total. The quantitative estimate of drug-likeness (QED) is 0.559. The summed E-state index contributed by atoms with van der Waals surface area (Å²) in [4.78, 5) is 14.9. The van der Waals surface area contributed by atoms with E-state index in [2.05, 4.69) is 42.2 Å². The summed E-state index contributed by atoms with van der Waals surface area (Å²) < 4.78 is 7.50. The number of nitrogens with two attached hydrogens (primary N) is 1. The summed E-state index contributed by atoms with van der Waals surface area (Å²) in [7, 11) is 0. The van der Waals surface area contributed by atoms with Crippen LogP contribution in [0, 0.1) is 6.92 Å². The molecule has 3 aromatic rings. The van der Waals surface area contributed by atoms with E-state index in [0.717, 1.165) is 16.9 Å². The van der Waals surface area contributed by atoms with Crippen molar-refractivity contribution in [1.82, 2.24) is 9.55 Å². The summed E-state index contributed by atoms with van der Waals surface area (Å²) in [6, 6.07) is 16.4. The molecule has 0 fully saturated rings. The molecule has 0 radical (unpaired) electrons. The fourth-order valence-corrected chi connectivity index (χ4v) is 2.94. The molecule has 1 aromatic heterocycles. The minimum atomic E-state index is -0.575. The van der Waals surface area contributed by atoms with Crippen molar-refractivity contribution in [2.75, 3.05) is 6.61 Å². The molecule has 0 aliphatic rings. The fraction of sp³-hybridized carbons (Fsp3) is 0.273. The van der Waals surface area contributed by atoms with Crippen LogP contribution in [0.1, 0.15) is 28.9 Å². The summed E-state index contributed by atoms with van der Waals surface area (Å²) in [6.07, 6.45) is 3.79. The Morgan fingerprint density at radius 2 is 2.00 bits per heavy atom. The molecular formula is C22H25N3O3. The highest BCUT2D eigenvalue weighted by molar-refractivity contribution is 5.90. The first-order valence-electron chi connectivity index (χ1n) is 9.31. The topological polar surface area (TPSA) is 90.4 Å². The molecule has 28 heavy (non-hydrogen) atoms. The minimum Gasteiger partial charge on any atom is -0.494 e. The first-order valence-corrected chi connectivity index (χ1v) is 9.31. The average molecular weight is 379 g/mol. The second kappa shape index (κ2) is 9.19. The van der Waals surface area contributed by atoms with E-state index in [0.29, 0.717) is 26.0 Å². The van der Waals surface area contributed by atoms with Gasteiger partial charge in [0.15, 0.2) is 0 Å². The molecule has 6 heteroatoms. The highest BCUT2D eigenvalue weighted by Gasteiger charge is 2.09.